The SMILES string of the molecule is CCCN1C(=O)S/C(=C/c2cc(Br)c(OC)c(OCC)c2)C1=O. The first-order chi connectivity index (χ1) is 11.0. The second kappa shape index (κ2) is 7.88. The average molecular weight is 400 g/mol. The number of halogens is 1. The van der Waals surface area contributed by atoms with E-state index in [1.54, 1.807) is 19.3 Å². The van der Waals surface area contributed by atoms with Crippen molar-refractivity contribution in [2.75, 3.05) is 20.3 Å². The summed E-state index contributed by atoms with van der Waals surface area (Å²) in [5.41, 5.74) is 0.767. The van der Waals surface area contributed by atoms with Gasteiger partial charge < -0.3 is 9.47 Å². The highest BCUT2D eigenvalue weighted by atomic mass is 79.9. The third-order valence-electron chi connectivity index (χ3n) is 3.15. The fourth-order valence-electron chi connectivity index (χ4n) is 2.20. The summed E-state index contributed by atoms with van der Waals surface area (Å²) in [6.07, 6.45) is 2.45. The molecule has 7 heteroatoms. The van der Waals surface area contributed by atoms with Gasteiger partial charge in [-0.05, 0) is 64.8 Å². The van der Waals surface area contributed by atoms with Gasteiger partial charge in [0.15, 0.2) is 11.5 Å². The van der Waals surface area contributed by atoms with Crippen LogP contribution in [-0.4, -0.2) is 36.3 Å². The molecule has 0 N–H and O–H groups in total. The number of hydrogen-bond acceptors (Lipinski definition) is 5. The maximum absolute atomic E-state index is 12.3. The van der Waals surface area contributed by atoms with Gasteiger partial charge in [-0.1, -0.05) is 6.92 Å². The number of methoxy groups -OCH3 is 1. The largest absolute Gasteiger partial charge is 0.492 e. The van der Waals surface area contributed by atoms with Crippen LogP contribution in [0.2, 0.25) is 0 Å². The summed E-state index contributed by atoms with van der Waals surface area (Å²) in [5, 5.41) is -0.222. The van der Waals surface area contributed by atoms with Crippen molar-refractivity contribution in [2.45, 2.75) is 20.3 Å². The second-order valence-corrected chi connectivity index (χ2v) is 6.65. The Kier molecular flexibility index (Phi) is 6.12. The van der Waals surface area contributed by atoms with Gasteiger partial charge in [-0.3, -0.25) is 14.5 Å². The topological polar surface area (TPSA) is 55.8 Å². The van der Waals surface area contributed by atoms with E-state index in [4.69, 9.17) is 9.47 Å². The van der Waals surface area contributed by atoms with Crippen LogP contribution in [0.4, 0.5) is 4.79 Å². The molecule has 5 nitrogen and oxygen atoms in total. The summed E-state index contributed by atoms with van der Waals surface area (Å²) in [4.78, 5) is 25.9. The van der Waals surface area contributed by atoms with Gasteiger partial charge >= 0.3 is 0 Å². The number of nitrogens with zero attached hydrogens (tertiary/aromatic N) is 1. The second-order valence-electron chi connectivity index (χ2n) is 4.80. The molecule has 0 aromatic heterocycles. The fourth-order valence-corrected chi connectivity index (χ4v) is 3.69. The molecule has 1 saturated heterocycles. The molecule has 2 rings (SSSR count). The van der Waals surface area contributed by atoms with Crippen molar-refractivity contribution in [2.24, 2.45) is 0 Å². The fraction of sp³-hybridized carbons (Fsp3) is 0.375. The van der Waals surface area contributed by atoms with E-state index < -0.39 is 0 Å². The monoisotopic (exact) mass is 399 g/mol. The van der Waals surface area contributed by atoms with Gasteiger partial charge in [0.25, 0.3) is 11.1 Å². The maximum atomic E-state index is 12.3. The first kappa shape index (κ1) is 17.9. The Labute approximate surface area is 148 Å². The highest BCUT2D eigenvalue weighted by Gasteiger charge is 2.34. The van der Waals surface area contributed by atoms with Crippen LogP contribution >= 0.6 is 27.7 Å². The standard InChI is InChI=1S/C16H18BrNO4S/c1-4-6-18-15(19)13(23-16(18)20)9-10-7-11(17)14(21-3)12(8-10)22-5-2/h7-9H,4-6H2,1-3H3/b13-9+. The normalized spacial score (nSPS) is 16.3. The Hall–Kier alpha value is -1.47. The van der Waals surface area contributed by atoms with E-state index >= 15 is 0 Å². The highest BCUT2D eigenvalue weighted by Crippen LogP contribution is 2.39. The molecule has 0 aliphatic carbocycles. The van der Waals surface area contributed by atoms with Crippen molar-refractivity contribution < 1.29 is 19.1 Å². The van der Waals surface area contributed by atoms with Gasteiger partial charge in [0.05, 0.1) is 23.1 Å². The molecular weight excluding hydrogens is 382 g/mol. The van der Waals surface area contributed by atoms with E-state index in [2.05, 4.69) is 15.9 Å². The third kappa shape index (κ3) is 3.90. The molecule has 1 heterocycles. The van der Waals surface area contributed by atoms with E-state index in [9.17, 15) is 9.59 Å². The Balaban J connectivity index is 2.36. The van der Waals surface area contributed by atoms with Crippen molar-refractivity contribution in [1.82, 2.24) is 4.90 Å². The Morgan fingerprint density at radius 1 is 1.30 bits per heavy atom. The zero-order valence-corrected chi connectivity index (χ0v) is 15.6. The average Bonchev–Trinajstić information content (AvgIpc) is 2.75. The molecule has 1 aromatic rings. The smallest absolute Gasteiger partial charge is 0.293 e. The van der Waals surface area contributed by atoms with Crippen LogP contribution in [-0.2, 0) is 4.79 Å². The number of rotatable bonds is 6. The molecule has 1 aromatic carbocycles. The van der Waals surface area contributed by atoms with Crippen LogP contribution in [0.15, 0.2) is 21.5 Å². The number of hydrogen-bond donors (Lipinski definition) is 0. The first-order valence-corrected chi connectivity index (χ1v) is 8.88. The molecule has 0 bridgehead atoms. The lowest BCUT2D eigenvalue weighted by molar-refractivity contribution is -0.122. The molecule has 1 aliphatic rings. The molecule has 0 unspecified atom stereocenters. The number of carbonyl (C=O) groups is 2. The summed E-state index contributed by atoms with van der Waals surface area (Å²) in [5.74, 6) is 0.943. The molecule has 23 heavy (non-hydrogen) atoms. The molecule has 1 aliphatic heterocycles. The van der Waals surface area contributed by atoms with Crippen LogP contribution in [0.25, 0.3) is 6.08 Å². The minimum absolute atomic E-state index is 0.222. The number of carbonyl (C=O) groups excluding carboxylic acids is 2. The van der Waals surface area contributed by atoms with Crippen molar-refractivity contribution in [3.05, 3.63) is 27.1 Å². The van der Waals surface area contributed by atoms with Crippen molar-refractivity contribution in [3.63, 3.8) is 0 Å². The molecule has 0 atom stereocenters. The zero-order valence-electron chi connectivity index (χ0n) is 13.2. The van der Waals surface area contributed by atoms with E-state index in [0.717, 1.165) is 28.2 Å². The number of thioether (sulfide) groups is 1. The van der Waals surface area contributed by atoms with Gasteiger partial charge in [0.2, 0.25) is 0 Å². The lowest BCUT2D eigenvalue weighted by Crippen LogP contribution is -2.28. The summed E-state index contributed by atoms with van der Waals surface area (Å²) in [6.45, 7) is 4.76. The maximum Gasteiger partial charge on any atom is 0.293 e. The predicted molar refractivity (Wildman–Crippen MR) is 94.8 cm³/mol. The number of imide groups is 1. The highest BCUT2D eigenvalue weighted by molar-refractivity contribution is 9.10. The van der Waals surface area contributed by atoms with E-state index in [-0.39, 0.29) is 11.1 Å². The van der Waals surface area contributed by atoms with E-state index in [1.165, 1.54) is 4.90 Å². The Bertz CT molecular complexity index is 660. The van der Waals surface area contributed by atoms with E-state index in [0.29, 0.717) is 29.6 Å². The molecule has 0 radical (unpaired) electrons. The van der Waals surface area contributed by atoms with Gasteiger partial charge in [-0.2, -0.15) is 0 Å². The van der Waals surface area contributed by atoms with Crippen molar-refractivity contribution in [1.29, 1.82) is 0 Å². The summed E-state index contributed by atoms with van der Waals surface area (Å²) in [7, 11) is 1.57. The summed E-state index contributed by atoms with van der Waals surface area (Å²) < 4.78 is 11.6. The quantitative estimate of drug-likeness (QED) is 0.667. The van der Waals surface area contributed by atoms with Gasteiger partial charge in [0.1, 0.15) is 0 Å². The lowest BCUT2D eigenvalue weighted by Gasteiger charge is -2.12. The summed E-state index contributed by atoms with van der Waals surface area (Å²) >= 11 is 4.40. The predicted octanol–water partition coefficient (Wildman–Crippen LogP) is 4.30. The number of benzene rings is 1. The van der Waals surface area contributed by atoms with E-state index in [1.807, 2.05) is 19.9 Å². The molecule has 0 saturated carbocycles. The van der Waals surface area contributed by atoms with Crippen molar-refractivity contribution in [3.8, 4) is 11.5 Å². The van der Waals surface area contributed by atoms with Crippen LogP contribution in [0, 0.1) is 0 Å². The van der Waals surface area contributed by atoms with Gasteiger partial charge in [-0.25, -0.2) is 0 Å². The first-order valence-electron chi connectivity index (χ1n) is 7.27. The Morgan fingerprint density at radius 3 is 2.65 bits per heavy atom. The van der Waals surface area contributed by atoms with Crippen LogP contribution in [0.3, 0.4) is 0 Å². The van der Waals surface area contributed by atoms with Crippen LogP contribution < -0.4 is 9.47 Å². The number of amides is 2. The van der Waals surface area contributed by atoms with Crippen molar-refractivity contribution >= 4 is 44.9 Å². The van der Waals surface area contributed by atoms with Gasteiger partial charge in [-0.15, -0.1) is 0 Å². The molecule has 1 fully saturated rings. The Morgan fingerprint density at radius 2 is 2.04 bits per heavy atom. The minimum Gasteiger partial charge on any atom is -0.492 e. The number of ether oxygens (including phenoxy) is 2. The van der Waals surface area contributed by atoms with Crippen LogP contribution in [0.1, 0.15) is 25.8 Å². The molecule has 0 spiro atoms. The third-order valence-corrected chi connectivity index (χ3v) is 4.65. The minimum atomic E-state index is -0.244. The molecular formula is C16H18BrNO4S. The molecule has 124 valence electrons. The summed E-state index contributed by atoms with van der Waals surface area (Å²) in [6, 6.07) is 3.62. The van der Waals surface area contributed by atoms with Gasteiger partial charge in [0, 0.05) is 6.54 Å². The lowest BCUT2D eigenvalue weighted by atomic mass is 10.2. The zero-order chi connectivity index (χ0) is 17.0. The van der Waals surface area contributed by atoms with Crippen LogP contribution in [0.5, 0.6) is 11.5 Å². The molecule has 2 amide bonds.